The minimum atomic E-state index is -0.472. The van der Waals surface area contributed by atoms with Gasteiger partial charge in [-0.3, -0.25) is 14.6 Å². The molecule has 2 aliphatic rings. The fraction of sp³-hybridized carbons (Fsp3) is 0.176. The highest BCUT2D eigenvalue weighted by Crippen LogP contribution is 2.37. The van der Waals surface area contributed by atoms with Crippen LogP contribution >= 0.6 is 0 Å². The summed E-state index contributed by atoms with van der Waals surface area (Å²) in [6.45, 7) is 2.42. The molecule has 0 saturated heterocycles. The maximum atomic E-state index is 13.4. The molecule has 11 heteroatoms. The van der Waals surface area contributed by atoms with Crippen LogP contribution < -0.4 is 24.6 Å². The Morgan fingerprint density at radius 2 is 1.78 bits per heavy atom. The number of hydrogen-bond donors (Lipinski definition) is 1. The highest BCUT2D eigenvalue weighted by atomic mass is 16.7. The van der Waals surface area contributed by atoms with Crippen LogP contribution in [0.4, 0.5) is 11.5 Å². The van der Waals surface area contributed by atoms with Crippen LogP contribution in [0.3, 0.4) is 0 Å². The van der Waals surface area contributed by atoms with Crippen molar-refractivity contribution in [2.24, 2.45) is 0 Å². The van der Waals surface area contributed by atoms with Gasteiger partial charge < -0.3 is 29.3 Å². The van der Waals surface area contributed by atoms with Crippen LogP contribution in [0, 0.1) is 11.8 Å². The van der Waals surface area contributed by atoms with Crippen molar-refractivity contribution in [2.45, 2.75) is 13.3 Å². The summed E-state index contributed by atoms with van der Waals surface area (Å²) in [5.74, 6) is 7.09. The number of carbonyl (C=O) groups excluding carboxylic acids is 2. The van der Waals surface area contributed by atoms with E-state index in [1.807, 2.05) is 30.3 Å². The molecule has 0 unspecified atom stereocenters. The van der Waals surface area contributed by atoms with E-state index in [9.17, 15) is 9.59 Å². The second kappa shape index (κ2) is 12.7. The quantitative estimate of drug-likeness (QED) is 0.284. The maximum absolute atomic E-state index is 13.4. The number of benzene rings is 2. The van der Waals surface area contributed by atoms with Gasteiger partial charge >= 0.3 is 0 Å². The molecule has 0 aliphatic carbocycles. The van der Waals surface area contributed by atoms with Crippen LogP contribution in [-0.2, 0) is 14.4 Å². The summed E-state index contributed by atoms with van der Waals surface area (Å²) in [5, 5.41) is 5.13. The number of nitrogens with zero attached hydrogens (tertiary/aromatic N) is 4. The lowest BCUT2D eigenvalue weighted by Gasteiger charge is -2.38. The third-order valence-corrected chi connectivity index (χ3v) is 7.25. The predicted octanol–water partition coefficient (Wildman–Crippen LogP) is 5.22. The summed E-state index contributed by atoms with van der Waals surface area (Å²) in [6, 6.07) is 18.1. The van der Waals surface area contributed by atoms with E-state index in [1.165, 1.54) is 6.20 Å². The van der Waals surface area contributed by atoms with Crippen molar-refractivity contribution in [2.75, 3.05) is 37.7 Å². The Hall–Kier alpha value is -6.02. The Kier molecular flexibility index (Phi) is 8.20. The predicted molar refractivity (Wildman–Crippen MR) is 168 cm³/mol. The van der Waals surface area contributed by atoms with Crippen molar-refractivity contribution in [3.05, 3.63) is 96.2 Å². The van der Waals surface area contributed by atoms with Gasteiger partial charge in [0.25, 0.3) is 11.8 Å². The Labute approximate surface area is 259 Å². The van der Waals surface area contributed by atoms with E-state index in [-0.39, 0.29) is 11.7 Å². The number of rotatable bonds is 7. The van der Waals surface area contributed by atoms with Gasteiger partial charge in [0, 0.05) is 24.2 Å². The average molecular weight is 604 g/mol. The molecule has 4 heterocycles. The fourth-order valence-corrected chi connectivity index (χ4v) is 5.04. The number of hydrogen-bond acceptors (Lipinski definition) is 9. The standard InChI is InChI=1S/C34H29N5O6/c1-4-8-33(40)38-16-14-22-17-31(45-39(27(22)21-38)23-9-6-5-7-10-23)34(41)37-32-12-11-24(20-36-32)44-28-13-15-35-26-19-30(43-3)29(42-2)18-25(26)28/h5-7,9-13,15,17-20H,14,16,21H2,1-3H3,(H,36,37,41). The van der Waals surface area contributed by atoms with Crippen molar-refractivity contribution >= 4 is 34.2 Å². The molecule has 0 atom stereocenters. The molecule has 2 amide bonds. The lowest BCUT2D eigenvalue weighted by molar-refractivity contribution is -0.125. The topological polar surface area (TPSA) is 115 Å². The highest BCUT2D eigenvalue weighted by Gasteiger charge is 2.32. The van der Waals surface area contributed by atoms with Gasteiger partial charge in [0.2, 0.25) is 5.76 Å². The van der Waals surface area contributed by atoms with Crippen molar-refractivity contribution in [1.82, 2.24) is 14.9 Å². The third kappa shape index (κ3) is 6.07. The van der Waals surface area contributed by atoms with Gasteiger partial charge in [0.15, 0.2) is 11.5 Å². The molecule has 0 bridgehead atoms. The number of para-hydroxylation sites is 1. The van der Waals surface area contributed by atoms with E-state index in [0.717, 1.165) is 22.3 Å². The second-order valence-electron chi connectivity index (χ2n) is 10.0. The number of fused-ring (bicyclic) bond motifs is 1. The Bertz CT molecular complexity index is 1890. The molecule has 0 spiro atoms. The van der Waals surface area contributed by atoms with Crippen LogP contribution in [0.2, 0.25) is 0 Å². The number of anilines is 2. The third-order valence-electron chi connectivity index (χ3n) is 7.25. The molecule has 0 fully saturated rings. The van der Waals surface area contributed by atoms with Crippen molar-refractivity contribution in [3.8, 4) is 34.8 Å². The molecule has 6 rings (SSSR count). The summed E-state index contributed by atoms with van der Waals surface area (Å²) in [5.41, 5.74) is 3.07. The smallest absolute Gasteiger partial charge is 0.298 e. The molecular formula is C34H29N5O6. The van der Waals surface area contributed by atoms with Gasteiger partial charge in [-0.2, -0.15) is 5.06 Å². The molecular weight excluding hydrogens is 574 g/mol. The highest BCUT2D eigenvalue weighted by molar-refractivity contribution is 6.02. The van der Waals surface area contributed by atoms with Crippen molar-refractivity contribution in [1.29, 1.82) is 0 Å². The van der Waals surface area contributed by atoms with E-state index in [0.29, 0.717) is 53.8 Å². The number of nitrogens with one attached hydrogen (secondary N) is 1. The number of methoxy groups -OCH3 is 2. The minimum Gasteiger partial charge on any atom is -0.493 e. The van der Waals surface area contributed by atoms with Gasteiger partial charge in [-0.1, -0.05) is 24.1 Å². The largest absolute Gasteiger partial charge is 0.493 e. The first-order valence-electron chi connectivity index (χ1n) is 14.1. The first-order chi connectivity index (χ1) is 22.0. The van der Waals surface area contributed by atoms with Crippen LogP contribution in [0.25, 0.3) is 10.9 Å². The second-order valence-corrected chi connectivity index (χ2v) is 10.0. The lowest BCUT2D eigenvalue weighted by atomic mass is 10.0. The summed E-state index contributed by atoms with van der Waals surface area (Å²) < 4.78 is 16.9. The first-order valence-corrected chi connectivity index (χ1v) is 14.1. The normalized spacial score (nSPS) is 14.0. The van der Waals surface area contributed by atoms with E-state index < -0.39 is 5.91 Å². The first kappa shape index (κ1) is 29.1. The number of carbonyl (C=O) groups is 2. The molecule has 0 saturated carbocycles. The molecule has 1 N–H and O–H groups in total. The number of pyridine rings is 2. The average Bonchev–Trinajstić information content (AvgIpc) is 3.08. The zero-order valence-electron chi connectivity index (χ0n) is 24.9. The van der Waals surface area contributed by atoms with Gasteiger partial charge in [0.05, 0.1) is 43.9 Å². The van der Waals surface area contributed by atoms with Gasteiger partial charge in [-0.05, 0) is 67.3 Å². The Morgan fingerprint density at radius 1 is 0.978 bits per heavy atom. The van der Waals surface area contributed by atoms with Crippen LogP contribution in [-0.4, -0.2) is 54.0 Å². The SMILES string of the molecule is CC#CC(=O)N1CCC2=C(C1)N(c1ccccc1)OC(C(=O)Nc1ccc(Oc3ccnc4cc(OC)c(OC)cc34)cn1)=C2. The van der Waals surface area contributed by atoms with Gasteiger partial charge in [-0.25, -0.2) is 4.98 Å². The number of aromatic nitrogens is 2. The molecule has 45 heavy (non-hydrogen) atoms. The fourth-order valence-electron chi connectivity index (χ4n) is 5.04. The van der Waals surface area contributed by atoms with Crippen molar-refractivity contribution < 1.29 is 28.6 Å². The van der Waals surface area contributed by atoms with E-state index in [2.05, 4.69) is 27.1 Å². The van der Waals surface area contributed by atoms with Crippen LogP contribution in [0.5, 0.6) is 23.0 Å². The molecule has 4 aromatic rings. The minimum absolute atomic E-state index is 0.0977. The number of amides is 2. The Balaban J connectivity index is 1.20. The zero-order chi connectivity index (χ0) is 31.3. The number of hydroxylamine groups is 1. The van der Waals surface area contributed by atoms with Crippen LogP contribution in [0.15, 0.2) is 96.2 Å². The van der Waals surface area contributed by atoms with Gasteiger partial charge in [-0.15, -0.1) is 0 Å². The molecule has 2 aliphatic heterocycles. The summed E-state index contributed by atoms with van der Waals surface area (Å²) in [6.07, 6.45) is 5.42. The zero-order valence-corrected chi connectivity index (χ0v) is 24.9. The molecule has 2 aromatic carbocycles. The van der Waals surface area contributed by atoms with E-state index >= 15 is 0 Å². The Morgan fingerprint density at radius 3 is 2.51 bits per heavy atom. The molecule has 11 nitrogen and oxygen atoms in total. The molecule has 2 aromatic heterocycles. The summed E-state index contributed by atoms with van der Waals surface area (Å²) in [7, 11) is 3.13. The molecule has 226 valence electrons. The van der Waals surface area contributed by atoms with Gasteiger partial charge in [0.1, 0.15) is 17.3 Å². The number of ether oxygens (including phenoxy) is 3. The van der Waals surface area contributed by atoms with E-state index in [4.69, 9.17) is 19.0 Å². The van der Waals surface area contributed by atoms with Crippen molar-refractivity contribution in [3.63, 3.8) is 0 Å². The van der Waals surface area contributed by atoms with Crippen LogP contribution in [0.1, 0.15) is 13.3 Å². The maximum Gasteiger partial charge on any atom is 0.298 e. The van der Waals surface area contributed by atoms with E-state index in [1.54, 1.807) is 73.7 Å². The summed E-state index contributed by atoms with van der Waals surface area (Å²) in [4.78, 5) is 42.4. The molecule has 0 radical (unpaired) electrons. The lowest BCUT2D eigenvalue weighted by Crippen LogP contribution is -2.43. The monoisotopic (exact) mass is 603 g/mol. The summed E-state index contributed by atoms with van der Waals surface area (Å²) >= 11 is 0. The number of allylic oxidation sites excluding steroid dienone is 1.